The third-order valence-corrected chi connectivity index (χ3v) is 4.42. The van der Waals surface area contributed by atoms with Crippen LogP contribution < -0.4 is 4.74 Å². The van der Waals surface area contributed by atoms with Crippen molar-refractivity contribution in [3.63, 3.8) is 0 Å². The predicted octanol–water partition coefficient (Wildman–Crippen LogP) is 4.90. The summed E-state index contributed by atoms with van der Waals surface area (Å²) >= 11 is 5.90. The third-order valence-electron chi connectivity index (χ3n) is 4.17. The summed E-state index contributed by atoms with van der Waals surface area (Å²) in [4.78, 5) is 2.55. The summed E-state index contributed by atoms with van der Waals surface area (Å²) in [6, 6.07) is 16.1. The monoisotopic (exact) mass is 315 g/mol. The second kappa shape index (κ2) is 7.66. The van der Waals surface area contributed by atoms with Crippen LogP contribution >= 0.6 is 11.6 Å². The second-order valence-electron chi connectivity index (χ2n) is 5.85. The van der Waals surface area contributed by atoms with Gasteiger partial charge in [-0.3, -0.25) is 4.90 Å². The van der Waals surface area contributed by atoms with Gasteiger partial charge in [0.15, 0.2) is 0 Å². The predicted molar refractivity (Wildman–Crippen MR) is 91.4 cm³/mol. The maximum absolute atomic E-state index is 5.90. The van der Waals surface area contributed by atoms with Gasteiger partial charge in [-0.15, -0.1) is 0 Å². The molecule has 0 aromatic heterocycles. The fourth-order valence-electron chi connectivity index (χ4n) is 2.90. The van der Waals surface area contributed by atoms with Crippen LogP contribution in [0.15, 0.2) is 48.5 Å². The Morgan fingerprint density at radius 3 is 2.27 bits per heavy atom. The molecule has 22 heavy (non-hydrogen) atoms. The van der Waals surface area contributed by atoms with Gasteiger partial charge in [0.2, 0.25) is 0 Å². The van der Waals surface area contributed by atoms with Crippen molar-refractivity contribution in [2.45, 2.75) is 32.4 Å². The molecular formula is C19H22ClNO. The average molecular weight is 316 g/mol. The van der Waals surface area contributed by atoms with Gasteiger partial charge in [-0.2, -0.15) is 0 Å². The summed E-state index contributed by atoms with van der Waals surface area (Å²) in [5.74, 6) is 0.858. The molecule has 1 saturated heterocycles. The van der Waals surface area contributed by atoms with Gasteiger partial charge in [0, 0.05) is 11.6 Å². The Morgan fingerprint density at radius 2 is 1.55 bits per heavy atom. The van der Waals surface area contributed by atoms with E-state index >= 15 is 0 Å². The molecule has 0 atom stereocenters. The van der Waals surface area contributed by atoms with E-state index < -0.39 is 0 Å². The van der Waals surface area contributed by atoms with Gasteiger partial charge < -0.3 is 4.74 Å². The molecule has 0 radical (unpaired) electrons. The van der Waals surface area contributed by atoms with E-state index in [2.05, 4.69) is 29.2 Å². The number of halogens is 1. The normalized spacial score (nSPS) is 15.7. The Hall–Kier alpha value is -1.51. The minimum atomic E-state index is 0.603. The van der Waals surface area contributed by atoms with Crippen molar-refractivity contribution in [2.75, 3.05) is 13.1 Å². The molecule has 1 heterocycles. The van der Waals surface area contributed by atoms with E-state index in [-0.39, 0.29) is 0 Å². The number of piperidine rings is 1. The van der Waals surface area contributed by atoms with Crippen LogP contribution in [0.2, 0.25) is 5.02 Å². The molecule has 0 amide bonds. The average Bonchev–Trinajstić information content (AvgIpc) is 2.56. The van der Waals surface area contributed by atoms with E-state index in [9.17, 15) is 0 Å². The van der Waals surface area contributed by atoms with Crippen LogP contribution in [-0.4, -0.2) is 18.0 Å². The molecule has 0 spiro atoms. The molecule has 2 aromatic carbocycles. The van der Waals surface area contributed by atoms with E-state index in [1.165, 1.54) is 43.5 Å². The lowest BCUT2D eigenvalue weighted by Gasteiger charge is -2.27. The number of rotatable bonds is 5. The first kappa shape index (κ1) is 15.4. The summed E-state index contributed by atoms with van der Waals surface area (Å²) in [5.41, 5.74) is 2.64. The van der Waals surface area contributed by atoms with E-state index in [4.69, 9.17) is 16.3 Å². The molecule has 1 fully saturated rings. The van der Waals surface area contributed by atoms with Gasteiger partial charge in [-0.05, 0) is 61.3 Å². The standard InChI is InChI=1S/C19H22ClNO/c20-18-8-10-19(11-9-18)22-15-17-7-3-2-6-16(17)14-21-12-4-1-5-13-21/h2-3,6-11H,1,4-5,12-15H2. The van der Waals surface area contributed by atoms with Gasteiger partial charge in [0.05, 0.1) is 0 Å². The summed E-state index contributed by atoms with van der Waals surface area (Å²) in [6.07, 6.45) is 4.02. The zero-order valence-electron chi connectivity index (χ0n) is 12.8. The van der Waals surface area contributed by atoms with E-state index in [1.807, 2.05) is 24.3 Å². The maximum atomic E-state index is 5.90. The van der Waals surface area contributed by atoms with Crippen LogP contribution in [0.5, 0.6) is 5.75 Å². The van der Waals surface area contributed by atoms with Crippen LogP contribution in [0.3, 0.4) is 0 Å². The molecule has 0 unspecified atom stereocenters. The van der Waals surface area contributed by atoms with Crippen LogP contribution in [-0.2, 0) is 13.2 Å². The van der Waals surface area contributed by atoms with E-state index in [1.54, 1.807) is 0 Å². The topological polar surface area (TPSA) is 12.5 Å². The van der Waals surface area contributed by atoms with Crippen molar-refractivity contribution in [3.05, 3.63) is 64.7 Å². The molecule has 2 aromatic rings. The molecule has 0 bridgehead atoms. The highest BCUT2D eigenvalue weighted by Gasteiger charge is 2.12. The fourth-order valence-corrected chi connectivity index (χ4v) is 3.03. The minimum Gasteiger partial charge on any atom is -0.489 e. The molecule has 0 saturated carbocycles. The molecule has 3 rings (SSSR count). The molecule has 1 aliphatic heterocycles. The number of benzene rings is 2. The zero-order chi connectivity index (χ0) is 15.2. The van der Waals surface area contributed by atoms with Gasteiger partial charge in [0.1, 0.15) is 12.4 Å². The van der Waals surface area contributed by atoms with Crippen molar-refractivity contribution in [1.29, 1.82) is 0 Å². The highest BCUT2D eigenvalue weighted by Crippen LogP contribution is 2.20. The lowest BCUT2D eigenvalue weighted by Crippen LogP contribution is -2.29. The maximum Gasteiger partial charge on any atom is 0.119 e. The van der Waals surface area contributed by atoms with Crippen LogP contribution in [0.1, 0.15) is 30.4 Å². The first-order chi connectivity index (χ1) is 10.8. The largest absolute Gasteiger partial charge is 0.489 e. The molecule has 0 aliphatic carbocycles. The summed E-state index contributed by atoms with van der Waals surface area (Å²) < 4.78 is 5.90. The fraction of sp³-hybridized carbons (Fsp3) is 0.368. The highest BCUT2D eigenvalue weighted by atomic mass is 35.5. The first-order valence-corrected chi connectivity index (χ1v) is 8.36. The van der Waals surface area contributed by atoms with Crippen molar-refractivity contribution in [3.8, 4) is 5.75 Å². The number of ether oxygens (including phenoxy) is 1. The molecular weight excluding hydrogens is 294 g/mol. The molecule has 1 aliphatic rings. The summed E-state index contributed by atoms with van der Waals surface area (Å²) in [7, 11) is 0. The molecule has 3 heteroatoms. The lowest BCUT2D eigenvalue weighted by atomic mass is 10.1. The van der Waals surface area contributed by atoms with Gasteiger partial charge in [-0.1, -0.05) is 42.3 Å². The summed E-state index contributed by atoms with van der Waals surface area (Å²) in [6.45, 7) is 4.06. The van der Waals surface area contributed by atoms with Crippen molar-refractivity contribution in [2.24, 2.45) is 0 Å². The number of hydrogen-bond acceptors (Lipinski definition) is 2. The van der Waals surface area contributed by atoms with Gasteiger partial charge in [-0.25, -0.2) is 0 Å². The van der Waals surface area contributed by atoms with Gasteiger partial charge >= 0.3 is 0 Å². The van der Waals surface area contributed by atoms with E-state index in [0.29, 0.717) is 6.61 Å². The van der Waals surface area contributed by atoms with Crippen LogP contribution in [0.4, 0.5) is 0 Å². The number of nitrogens with zero attached hydrogens (tertiary/aromatic N) is 1. The Kier molecular flexibility index (Phi) is 5.36. The smallest absolute Gasteiger partial charge is 0.119 e. The van der Waals surface area contributed by atoms with E-state index in [0.717, 1.165) is 17.3 Å². The van der Waals surface area contributed by atoms with Crippen molar-refractivity contribution < 1.29 is 4.74 Å². The first-order valence-electron chi connectivity index (χ1n) is 7.99. The van der Waals surface area contributed by atoms with Crippen LogP contribution in [0, 0.1) is 0 Å². The second-order valence-corrected chi connectivity index (χ2v) is 6.28. The quantitative estimate of drug-likeness (QED) is 0.777. The zero-order valence-corrected chi connectivity index (χ0v) is 13.6. The lowest BCUT2D eigenvalue weighted by molar-refractivity contribution is 0.218. The Balaban J connectivity index is 1.64. The number of hydrogen-bond donors (Lipinski definition) is 0. The summed E-state index contributed by atoms with van der Waals surface area (Å²) in [5, 5.41) is 0.734. The van der Waals surface area contributed by atoms with Crippen LogP contribution in [0.25, 0.3) is 0 Å². The molecule has 116 valence electrons. The Morgan fingerprint density at radius 1 is 0.864 bits per heavy atom. The van der Waals surface area contributed by atoms with Gasteiger partial charge in [0.25, 0.3) is 0 Å². The third kappa shape index (κ3) is 4.25. The molecule has 0 N–H and O–H groups in total. The SMILES string of the molecule is Clc1ccc(OCc2ccccc2CN2CCCCC2)cc1. The highest BCUT2D eigenvalue weighted by molar-refractivity contribution is 6.30. The van der Waals surface area contributed by atoms with Crippen molar-refractivity contribution in [1.82, 2.24) is 4.90 Å². The Bertz CT molecular complexity index is 591. The number of likely N-dealkylation sites (tertiary alicyclic amines) is 1. The molecule has 2 nitrogen and oxygen atoms in total. The minimum absolute atomic E-state index is 0.603. The van der Waals surface area contributed by atoms with Crippen molar-refractivity contribution >= 4 is 11.6 Å². The Labute approximate surface area is 137 Å².